The molecule has 112 valence electrons. The first kappa shape index (κ1) is 22.1. The fraction of sp³-hybridized carbons (Fsp3) is 0.222. The summed E-state index contributed by atoms with van der Waals surface area (Å²) in [5.74, 6) is 0. The van der Waals surface area contributed by atoms with Gasteiger partial charge in [-0.15, -0.1) is 36.1 Å². The van der Waals surface area contributed by atoms with E-state index in [1.807, 2.05) is 43.4 Å². The molecule has 3 heteroatoms. The van der Waals surface area contributed by atoms with Gasteiger partial charge in [-0.05, 0) is 0 Å². The van der Waals surface area contributed by atoms with Crippen LogP contribution in [0.15, 0.2) is 60.7 Å². The maximum Gasteiger partial charge on any atom is -0.0809 e. The van der Waals surface area contributed by atoms with Gasteiger partial charge in [0.15, 0.2) is 0 Å². The molecule has 0 spiro atoms. The maximum absolute atomic E-state index is 8.25. The summed E-state index contributed by atoms with van der Waals surface area (Å²) in [4.78, 5) is 0. The average molecular weight is 318 g/mol. The number of hydrogen-bond donors (Lipinski definition) is 0. The minimum absolute atomic E-state index is 0.750. The number of hydrogen-bond acceptors (Lipinski definition) is 2. The molecule has 0 saturated heterocycles. The Balaban J connectivity index is 0. The van der Waals surface area contributed by atoms with Crippen LogP contribution in [0.5, 0.6) is 0 Å². The standard InChI is InChI=1S/C9H7.C5H5.C2H4.2CH3O.Ti/c1-2-5-9-7-3-6-8(9)4-1;1-2-4-5-3-1;3*1-2;/h1-7H;1-3H,4H2;1H,2H3;2*1H3;/q2*-1;;2*-1;+2. The molecule has 0 unspecified atom stereocenters. The molecule has 0 fully saturated rings. The second kappa shape index (κ2) is 18.8. The third kappa shape index (κ3) is 12.3. The summed E-state index contributed by atoms with van der Waals surface area (Å²) in [5, 5.41) is 19.2. The van der Waals surface area contributed by atoms with Crippen molar-refractivity contribution in [3.05, 3.63) is 66.8 Å². The Labute approximate surface area is 139 Å². The van der Waals surface area contributed by atoms with Gasteiger partial charge in [0.25, 0.3) is 0 Å². The normalized spacial score (nSPS) is 9.86. The van der Waals surface area contributed by atoms with Crippen molar-refractivity contribution in [2.45, 2.75) is 13.3 Å². The number of rotatable bonds is 0. The molecule has 2 aromatic carbocycles. The van der Waals surface area contributed by atoms with E-state index in [-0.39, 0.29) is 0 Å². The minimum Gasteiger partial charge on any atom is -0.857 e. The smallest absolute Gasteiger partial charge is 0.0809 e. The van der Waals surface area contributed by atoms with Gasteiger partial charge in [0, 0.05) is 0 Å². The van der Waals surface area contributed by atoms with Crippen LogP contribution in [0.4, 0.5) is 0 Å². The fourth-order valence-electron chi connectivity index (χ4n) is 1.41. The predicted octanol–water partition coefficient (Wildman–Crippen LogP) is 2.17. The third-order valence-electron chi connectivity index (χ3n) is 2.13. The van der Waals surface area contributed by atoms with Crippen molar-refractivity contribution in [3.63, 3.8) is 0 Å². The Hall–Kier alpha value is -1.19. The van der Waals surface area contributed by atoms with Crippen LogP contribution in [0, 0.1) is 6.08 Å². The molecule has 2 nitrogen and oxygen atoms in total. The van der Waals surface area contributed by atoms with Gasteiger partial charge in [-0.1, -0.05) is 6.07 Å². The quantitative estimate of drug-likeness (QED) is 0.552. The van der Waals surface area contributed by atoms with Crippen LogP contribution < -0.4 is 10.2 Å². The van der Waals surface area contributed by atoms with Gasteiger partial charge in [0.1, 0.15) is 0 Å². The molecule has 0 amide bonds. The topological polar surface area (TPSA) is 46.1 Å². The zero-order valence-electron chi connectivity index (χ0n) is 12.9. The van der Waals surface area contributed by atoms with Crippen molar-refractivity contribution in [2.24, 2.45) is 0 Å². The van der Waals surface area contributed by atoms with Gasteiger partial charge in [-0.25, -0.2) is 12.2 Å². The van der Waals surface area contributed by atoms with Crippen molar-refractivity contribution < 1.29 is 30.2 Å². The molecule has 0 heterocycles. The molecule has 0 bridgehead atoms. The van der Waals surface area contributed by atoms with E-state index >= 15 is 0 Å². The molecular formula is C18H22O2Ti-2. The van der Waals surface area contributed by atoms with Gasteiger partial charge in [-0.2, -0.15) is 37.8 Å². The number of fused-ring (bicyclic) bond motifs is 1. The van der Waals surface area contributed by atoms with Crippen LogP contribution in [-0.4, -0.2) is 18.5 Å². The van der Waals surface area contributed by atoms with Crippen molar-refractivity contribution in [1.29, 1.82) is 0 Å². The van der Waals surface area contributed by atoms with Crippen LogP contribution in [0.3, 0.4) is 0 Å². The zero-order chi connectivity index (χ0) is 16.3. The van der Waals surface area contributed by atoms with Gasteiger partial charge in [-0.3, -0.25) is 6.08 Å². The average Bonchev–Trinajstić information content (AvgIpc) is 3.26. The first-order valence-electron chi connectivity index (χ1n) is 6.47. The summed E-state index contributed by atoms with van der Waals surface area (Å²) in [6.07, 6.45) is 10.0. The van der Waals surface area contributed by atoms with Crippen molar-refractivity contribution in [3.8, 4) is 0 Å². The minimum atomic E-state index is 0.750. The van der Waals surface area contributed by atoms with E-state index in [0.29, 0.717) is 0 Å². The molecule has 21 heavy (non-hydrogen) atoms. The van der Waals surface area contributed by atoms with E-state index in [9.17, 15) is 0 Å². The Morgan fingerprint density at radius 1 is 1.14 bits per heavy atom. The summed E-state index contributed by atoms with van der Waals surface area (Å²) in [5.41, 5.74) is 0. The maximum atomic E-state index is 8.25. The Kier molecular flexibility index (Phi) is 19.8. The third-order valence-corrected chi connectivity index (χ3v) is 2.13. The van der Waals surface area contributed by atoms with Crippen LogP contribution in [0.25, 0.3) is 10.8 Å². The van der Waals surface area contributed by atoms with E-state index in [4.69, 9.17) is 10.2 Å². The predicted molar refractivity (Wildman–Crippen MR) is 84.7 cm³/mol. The Bertz CT molecular complexity index is 458. The zero-order valence-corrected chi connectivity index (χ0v) is 14.4. The van der Waals surface area contributed by atoms with E-state index in [1.54, 1.807) is 0 Å². The first-order chi connectivity index (χ1) is 10.4. The number of benzene rings is 1. The van der Waals surface area contributed by atoms with Crippen LogP contribution in [0.2, 0.25) is 0 Å². The number of allylic oxidation sites excluding steroid dienone is 4. The monoisotopic (exact) mass is 318 g/mol. The van der Waals surface area contributed by atoms with E-state index in [1.165, 1.54) is 10.8 Å². The molecule has 1 aliphatic carbocycles. The van der Waals surface area contributed by atoms with Crippen molar-refractivity contribution in [1.82, 2.24) is 0 Å². The molecule has 3 rings (SSSR count). The van der Waals surface area contributed by atoms with Gasteiger partial charge in [0.05, 0.1) is 0 Å². The summed E-state index contributed by atoms with van der Waals surface area (Å²) in [6, 6.07) is 14.7. The van der Waals surface area contributed by atoms with Gasteiger partial charge >= 0.3 is 31.2 Å². The molecular weight excluding hydrogens is 296 g/mol. The SMILES string of the molecule is C[CH]=[Ti+2].C[O-].C[O-].[C-]1=CC=CC1.c1ccc2[cH-]ccc2c1. The van der Waals surface area contributed by atoms with Gasteiger partial charge in [0.2, 0.25) is 0 Å². The second-order valence-electron chi connectivity index (χ2n) is 3.45. The van der Waals surface area contributed by atoms with Gasteiger partial charge < -0.3 is 10.2 Å². The summed E-state index contributed by atoms with van der Waals surface area (Å²) >= 11 is 2.00. The second-order valence-corrected chi connectivity index (χ2v) is 4.35. The molecule has 0 saturated carbocycles. The summed E-state index contributed by atoms with van der Waals surface area (Å²) in [7, 11) is 1.50. The molecule has 0 aliphatic heterocycles. The molecule has 2 aromatic rings. The van der Waals surface area contributed by atoms with E-state index in [0.717, 1.165) is 20.6 Å². The van der Waals surface area contributed by atoms with Crippen LogP contribution in [-0.2, 0) is 20.0 Å². The summed E-state index contributed by atoms with van der Waals surface area (Å²) in [6.45, 7) is 2.00. The van der Waals surface area contributed by atoms with Crippen molar-refractivity contribution in [2.75, 3.05) is 14.2 Å². The van der Waals surface area contributed by atoms with E-state index < -0.39 is 0 Å². The van der Waals surface area contributed by atoms with Crippen LogP contribution >= 0.6 is 0 Å². The summed E-state index contributed by atoms with van der Waals surface area (Å²) < 4.78 is 2.00. The Morgan fingerprint density at radius 3 is 2.19 bits per heavy atom. The largest absolute Gasteiger partial charge is 0.857 e. The molecule has 0 aromatic heterocycles. The fourth-order valence-corrected chi connectivity index (χ4v) is 1.41. The molecule has 0 N–H and O–H groups in total. The van der Waals surface area contributed by atoms with Crippen LogP contribution in [0.1, 0.15) is 13.3 Å². The first-order valence-corrected chi connectivity index (χ1v) is 7.37. The van der Waals surface area contributed by atoms with E-state index in [2.05, 4.69) is 54.6 Å². The molecule has 0 atom stereocenters. The molecule has 0 radical (unpaired) electrons. The molecule has 1 aliphatic rings. The van der Waals surface area contributed by atoms with Crippen molar-refractivity contribution >= 4 is 15.1 Å². The Morgan fingerprint density at radius 2 is 1.76 bits per heavy atom.